The normalized spacial score (nSPS) is 12.8. The molecule has 0 fully saturated rings. The Morgan fingerprint density at radius 3 is 2.67 bits per heavy atom. The van der Waals surface area contributed by atoms with Gasteiger partial charge in [-0.1, -0.05) is 35.3 Å². The molecule has 0 spiro atoms. The maximum atomic E-state index is 11.5. The van der Waals surface area contributed by atoms with Gasteiger partial charge in [-0.3, -0.25) is 4.57 Å². The van der Waals surface area contributed by atoms with Gasteiger partial charge in [0.1, 0.15) is 6.10 Å². The molecule has 0 aliphatic rings. The number of aryl methyl sites for hydroxylation is 1. The molecule has 0 aliphatic heterocycles. The SMILES string of the molecule is Cn1c(=O)oc2cc(C(O)c3ccc(Cl)cc3Cl)ccc21. The molecule has 2 aromatic carbocycles. The van der Waals surface area contributed by atoms with Crippen molar-refractivity contribution in [1.29, 1.82) is 0 Å². The highest BCUT2D eigenvalue weighted by Crippen LogP contribution is 2.31. The van der Waals surface area contributed by atoms with Crippen molar-refractivity contribution in [1.82, 2.24) is 4.57 Å². The van der Waals surface area contributed by atoms with Gasteiger partial charge in [-0.2, -0.15) is 0 Å². The van der Waals surface area contributed by atoms with E-state index in [1.165, 1.54) is 4.57 Å². The van der Waals surface area contributed by atoms with Gasteiger partial charge in [0.25, 0.3) is 0 Å². The third-order valence-corrected chi connectivity index (χ3v) is 3.95. The van der Waals surface area contributed by atoms with Crippen molar-refractivity contribution < 1.29 is 9.52 Å². The first-order valence-electron chi connectivity index (χ1n) is 6.20. The van der Waals surface area contributed by atoms with Crippen molar-refractivity contribution in [2.75, 3.05) is 0 Å². The average molecular weight is 324 g/mol. The standard InChI is InChI=1S/C15H11Cl2NO3/c1-18-12-5-2-8(6-13(12)21-15(18)20)14(19)10-4-3-9(16)7-11(10)17/h2-7,14,19H,1H3. The molecule has 1 N–H and O–H groups in total. The number of oxazole rings is 1. The van der Waals surface area contributed by atoms with Gasteiger partial charge in [-0.05, 0) is 29.8 Å². The van der Waals surface area contributed by atoms with Gasteiger partial charge >= 0.3 is 5.76 Å². The summed E-state index contributed by atoms with van der Waals surface area (Å²) in [6.07, 6.45) is -0.926. The van der Waals surface area contributed by atoms with Crippen LogP contribution in [0.2, 0.25) is 10.0 Å². The number of hydrogen-bond donors (Lipinski definition) is 1. The van der Waals surface area contributed by atoms with E-state index in [9.17, 15) is 9.90 Å². The second-order valence-electron chi connectivity index (χ2n) is 4.72. The number of nitrogens with zero attached hydrogens (tertiary/aromatic N) is 1. The van der Waals surface area contributed by atoms with Crippen LogP contribution in [0.1, 0.15) is 17.2 Å². The van der Waals surface area contributed by atoms with E-state index in [4.69, 9.17) is 27.6 Å². The summed E-state index contributed by atoms with van der Waals surface area (Å²) in [7, 11) is 1.63. The predicted molar refractivity (Wildman–Crippen MR) is 82.0 cm³/mol. The van der Waals surface area contributed by atoms with E-state index in [1.807, 2.05) is 0 Å². The Kier molecular flexibility index (Phi) is 3.53. The number of aromatic nitrogens is 1. The molecule has 1 atom stereocenters. The van der Waals surface area contributed by atoms with Gasteiger partial charge in [0, 0.05) is 22.7 Å². The quantitative estimate of drug-likeness (QED) is 0.785. The minimum absolute atomic E-state index is 0.379. The van der Waals surface area contributed by atoms with Gasteiger partial charge in [-0.25, -0.2) is 4.79 Å². The molecule has 0 radical (unpaired) electrons. The molecule has 3 rings (SSSR count). The highest BCUT2D eigenvalue weighted by molar-refractivity contribution is 6.35. The zero-order valence-electron chi connectivity index (χ0n) is 11.0. The molecule has 0 saturated heterocycles. The summed E-state index contributed by atoms with van der Waals surface area (Å²) in [4.78, 5) is 11.5. The van der Waals surface area contributed by atoms with E-state index in [-0.39, 0.29) is 0 Å². The number of aliphatic hydroxyl groups excluding tert-OH is 1. The first-order chi connectivity index (χ1) is 9.97. The van der Waals surface area contributed by atoms with Crippen molar-refractivity contribution in [3.63, 3.8) is 0 Å². The topological polar surface area (TPSA) is 55.4 Å². The summed E-state index contributed by atoms with van der Waals surface area (Å²) in [6.45, 7) is 0. The molecule has 3 aromatic rings. The Morgan fingerprint density at radius 1 is 1.19 bits per heavy atom. The lowest BCUT2D eigenvalue weighted by atomic mass is 10.0. The molecule has 1 aromatic heterocycles. The predicted octanol–water partition coefficient (Wildman–Crippen LogP) is 3.52. The number of rotatable bonds is 2. The van der Waals surface area contributed by atoms with Gasteiger partial charge < -0.3 is 9.52 Å². The zero-order valence-corrected chi connectivity index (χ0v) is 12.5. The van der Waals surface area contributed by atoms with Crippen LogP contribution in [-0.4, -0.2) is 9.67 Å². The van der Waals surface area contributed by atoms with Crippen LogP contribution in [0.4, 0.5) is 0 Å². The summed E-state index contributed by atoms with van der Waals surface area (Å²) in [5.74, 6) is -0.443. The van der Waals surface area contributed by atoms with E-state index in [1.54, 1.807) is 43.4 Å². The van der Waals surface area contributed by atoms with Gasteiger partial charge in [0.2, 0.25) is 0 Å². The second-order valence-corrected chi connectivity index (χ2v) is 5.57. The lowest BCUT2D eigenvalue weighted by molar-refractivity contribution is 0.220. The number of benzene rings is 2. The molecule has 108 valence electrons. The van der Waals surface area contributed by atoms with E-state index < -0.39 is 11.9 Å². The monoisotopic (exact) mass is 323 g/mol. The second kappa shape index (κ2) is 5.22. The van der Waals surface area contributed by atoms with Gasteiger partial charge in [-0.15, -0.1) is 0 Å². The molecule has 0 aliphatic carbocycles. The number of hydrogen-bond acceptors (Lipinski definition) is 3. The van der Waals surface area contributed by atoms with Crippen LogP contribution in [0.3, 0.4) is 0 Å². The average Bonchev–Trinajstić information content (AvgIpc) is 2.73. The first-order valence-corrected chi connectivity index (χ1v) is 6.95. The summed E-state index contributed by atoms with van der Waals surface area (Å²) in [5.41, 5.74) is 2.21. The van der Waals surface area contributed by atoms with Gasteiger partial charge in [0.05, 0.1) is 5.52 Å². The van der Waals surface area contributed by atoms with Crippen molar-refractivity contribution in [3.8, 4) is 0 Å². The zero-order chi connectivity index (χ0) is 15.1. The molecule has 6 heteroatoms. The van der Waals surface area contributed by atoms with E-state index in [0.29, 0.717) is 32.3 Å². The van der Waals surface area contributed by atoms with Crippen LogP contribution in [0.25, 0.3) is 11.1 Å². The van der Waals surface area contributed by atoms with Crippen LogP contribution < -0.4 is 5.76 Å². The number of fused-ring (bicyclic) bond motifs is 1. The largest absolute Gasteiger partial charge is 0.419 e. The molecule has 0 bridgehead atoms. The van der Waals surface area contributed by atoms with Crippen molar-refractivity contribution in [2.24, 2.45) is 7.05 Å². The van der Waals surface area contributed by atoms with E-state index in [0.717, 1.165) is 0 Å². The Morgan fingerprint density at radius 2 is 1.95 bits per heavy atom. The summed E-state index contributed by atoms with van der Waals surface area (Å²) >= 11 is 11.9. The Labute approximate surface area is 130 Å². The molecule has 21 heavy (non-hydrogen) atoms. The van der Waals surface area contributed by atoms with E-state index >= 15 is 0 Å². The minimum Gasteiger partial charge on any atom is -0.408 e. The minimum atomic E-state index is -0.926. The molecule has 0 amide bonds. The molecule has 1 unspecified atom stereocenters. The smallest absolute Gasteiger partial charge is 0.408 e. The Bertz CT molecular complexity index is 882. The summed E-state index contributed by atoms with van der Waals surface area (Å²) in [5, 5.41) is 11.3. The highest BCUT2D eigenvalue weighted by Gasteiger charge is 2.16. The number of aliphatic hydroxyl groups is 1. The van der Waals surface area contributed by atoms with Crippen LogP contribution in [0.15, 0.2) is 45.6 Å². The fraction of sp³-hybridized carbons (Fsp3) is 0.133. The molecular weight excluding hydrogens is 313 g/mol. The maximum absolute atomic E-state index is 11.5. The van der Waals surface area contributed by atoms with Crippen LogP contribution in [-0.2, 0) is 7.05 Å². The van der Waals surface area contributed by atoms with E-state index in [2.05, 4.69) is 0 Å². The number of halogens is 2. The fourth-order valence-corrected chi connectivity index (χ4v) is 2.74. The molecule has 0 saturated carbocycles. The summed E-state index contributed by atoms with van der Waals surface area (Å²) in [6, 6.07) is 9.98. The Balaban J connectivity index is 2.09. The maximum Gasteiger partial charge on any atom is 0.419 e. The Hall–Kier alpha value is -1.75. The van der Waals surface area contributed by atoms with Crippen molar-refractivity contribution in [2.45, 2.75) is 6.10 Å². The lowest BCUT2D eigenvalue weighted by Crippen LogP contribution is -2.08. The van der Waals surface area contributed by atoms with Crippen LogP contribution >= 0.6 is 23.2 Å². The van der Waals surface area contributed by atoms with Crippen LogP contribution in [0.5, 0.6) is 0 Å². The third-order valence-electron chi connectivity index (χ3n) is 3.39. The van der Waals surface area contributed by atoms with Gasteiger partial charge in [0.15, 0.2) is 5.58 Å². The lowest BCUT2D eigenvalue weighted by Gasteiger charge is -2.13. The summed E-state index contributed by atoms with van der Waals surface area (Å²) < 4.78 is 6.52. The molecule has 4 nitrogen and oxygen atoms in total. The third kappa shape index (κ3) is 2.46. The molecular formula is C15H11Cl2NO3. The fourth-order valence-electron chi connectivity index (χ4n) is 2.22. The van der Waals surface area contributed by atoms with Crippen LogP contribution in [0, 0.1) is 0 Å². The van der Waals surface area contributed by atoms with Crippen molar-refractivity contribution in [3.05, 3.63) is 68.1 Å². The van der Waals surface area contributed by atoms with Crippen molar-refractivity contribution >= 4 is 34.3 Å². The molecule has 1 heterocycles. The highest BCUT2D eigenvalue weighted by atomic mass is 35.5. The first kappa shape index (κ1) is 14.2.